The number of hydrogen-bond donors (Lipinski definition) is 1. The highest BCUT2D eigenvalue weighted by Crippen LogP contribution is 2.33. The Bertz CT molecular complexity index is 926. The van der Waals surface area contributed by atoms with Gasteiger partial charge < -0.3 is 14.5 Å². The average Bonchev–Trinajstić information content (AvgIpc) is 3.17. The molecule has 0 spiro atoms. The fourth-order valence-electron chi connectivity index (χ4n) is 3.03. The summed E-state index contributed by atoms with van der Waals surface area (Å²) in [6, 6.07) is 17.6. The number of benzene rings is 2. The summed E-state index contributed by atoms with van der Waals surface area (Å²) in [6.45, 7) is 2.46. The Hall–Kier alpha value is -2.73. The van der Waals surface area contributed by atoms with Gasteiger partial charge in [0.25, 0.3) is 5.22 Å². The predicted octanol–water partition coefficient (Wildman–Crippen LogP) is 4.46. The zero-order valence-corrected chi connectivity index (χ0v) is 15.7. The standard InChI is InChI=1S/C21H20N2O3S/c1-14(27-21-22-13-19(26-21)15-7-3-2-4-8-15)20(24)23-17-11-12-25-18-10-6-5-9-16(17)18/h2-10,13-14,17H,11-12H2,1H3,(H,23,24)/t14-,17+/m1/s1. The maximum atomic E-state index is 12.7. The van der Waals surface area contributed by atoms with E-state index in [0.717, 1.165) is 23.3 Å². The summed E-state index contributed by atoms with van der Waals surface area (Å²) in [5, 5.41) is 3.30. The molecule has 1 aliphatic heterocycles. The second kappa shape index (κ2) is 7.88. The van der Waals surface area contributed by atoms with Gasteiger partial charge in [0.2, 0.25) is 5.91 Å². The lowest BCUT2D eigenvalue weighted by molar-refractivity contribution is -0.121. The molecule has 0 bridgehead atoms. The van der Waals surface area contributed by atoms with Gasteiger partial charge in [0.05, 0.1) is 24.1 Å². The quantitative estimate of drug-likeness (QED) is 0.662. The monoisotopic (exact) mass is 380 g/mol. The summed E-state index contributed by atoms with van der Waals surface area (Å²) in [6.07, 6.45) is 2.45. The van der Waals surface area contributed by atoms with Crippen molar-refractivity contribution < 1.29 is 13.9 Å². The Labute approximate surface area is 162 Å². The number of carbonyl (C=O) groups is 1. The van der Waals surface area contributed by atoms with Gasteiger partial charge in [-0.3, -0.25) is 4.79 Å². The molecule has 1 N–H and O–H groups in total. The maximum absolute atomic E-state index is 12.7. The molecule has 2 atom stereocenters. The molecular weight excluding hydrogens is 360 g/mol. The minimum absolute atomic E-state index is 0.0325. The van der Waals surface area contributed by atoms with Crippen LogP contribution < -0.4 is 10.1 Å². The fraction of sp³-hybridized carbons (Fsp3) is 0.238. The molecule has 0 unspecified atom stereocenters. The van der Waals surface area contributed by atoms with Crippen molar-refractivity contribution in [2.45, 2.75) is 29.9 Å². The molecule has 1 aromatic heterocycles. The first-order chi connectivity index (χ1) is 13.2. The van der Waals surface area contributed by atoms with Crippen molar-refractivity contribution in [1.29, 1.82) is 0 Å². The molecule has 1 aliphatic rings. The molecular formula is C21H20N2O3S. The van der Waals surface area contributed by atoms with Crippen LogP contribution in [0.3, 0.4) is 0 Å². The minimum atomic E-state index is -0.317. The molecule has 6 heteroatoms. The number of hydrogen-bond acceptors (Lipinski definition) is 5. The van der Waals surface area contributed by atoms with Gasteiger partial charge in [0.1, 0.15) is 5.75 Å². The summed E-state index contributed by atoms with van der Waals surface area (Å²) in [5.74, 6) is 1.50. The highest BCUT2D eigenvalue weighted by Gasteiger charge is 2.25. The molecule has 0 saturated carbocycles. The van der Waals surface area contributed by atoms with E-state index >= 15 is 0 Å². The van der Waals surface area contributed by atoms with Gasteiger partial charge in [-0.1, -0.05) is 60.3 Å². The Morgan fingerprint density at radius 1 is 1.19 bits per heavy atom. The molecule has 0 fully saturated rings. The van der Waals surface area contributed by atoms with Crippen molar-refractivity contribution in [3.05, 3.63) is 66.4 Å². The van der Waals surface area contributed by atoms with E-state index in [1.807, 2.05) is 61.5 Å². The van der Waals surface area contributed by atoms with Crippen LogP contribution in [0.5, 0.6) is 5.75 Å². The van der Waals surface area contributed by atoms with Gasteiger partial charge in [-0.15, -0.1) is 0 Å². The summed E-state index contributed by atoms with van der Waals surface area (Å²) in [4.78, 5) is 17.0. The Morgan fingerprint density at radius 2 is 1.96 bits per heavy atom. The first kappa shape index (κ1) is 17.7. The van der Waals surface area contributed by atoms with Crippen LogP contribution in [0.25, 0.3) is 11.3 Å². The van der Waals surface area contributed by atoms with Crippen LogP contribution in [0, 0.1) is 0 Å². The van der Waals surface area contributed by atoms with Crippen LogP contribution in [0.4, 0.5) is 0 Å². The van der Waals surface area contributed by atoms with Crippen LogP contribution in [0.1, 0.15) is 24.9 Å². The summed E-state index contributed by atoms with van der Waals surface area (Å²) in [5.41, 5.74) is 1.99. The van der Waals surface area contributed by atoms with Gasteiger partial charge in [0, 0.05) is 17.5 Å². The number of carbonyl (C=O) groups excluding carboxylic acids is 1. The molecule has 0 saturated heterocycles. The largest absolute Gasteiger partial charge is 0.493 e. The second-order valence-electron chi connectivity index (χ2n) is 6.35. The lowest BCUT2D eigenvalue weighted by Gasteiger charge is -2.27. The lowest BCUT2D eigenvalue weighted by atomic mass is 10.0. The molecule has 0 radical (unpaired) electrons. The Kier molecular flexibility index (Phi) is 5.16. The third-order valence-electron chi connectivity index (χ3n) is 4.46. The molecule has 138 valence electrons. The number of nitrogens with one attached hydrogen (secondary N) is 1. The molecule has 2 aromatic carbocycles. The lowest BCUT2D eigenvalue weighted by Crippen LogP contribution is -2.36. The number of ether oxygens (including phenoxy) is 1. The van der Waals surface area contributed by atoms with Gasteiger partial charge in [-0.2, -0.15) is 0 Å². The number of thioether (sulfide) groups is 1. The van der Waals surface area contributed by atoms with Crippen molar-refractivity contribution in [1.82, 2.24) is 10.3 Å². The second-order valence-corrected chi connectivity index (χ2v) is 7.64. The van der Waals surface area contributed by atoms with Gasteiger partial charge >= 0.3 is 0 Å². The number of amides is 1. The van der Waals surface area contributed by atoms with E-state index in [-0.39, 0.29) is 17.2 Å². The summed E-state index contributed by atoms with van der Waals surface area (Å²) in [7, 11) is 0. The van der Waals surface area contributed by atoms with Crippen molar-refractivity contribution in [2.24, 2.45) is 0 Å². The third-order valence-corrected chi connectivity index (χ3v) is 5.42. The molecule has 1 amide bonds. The molecule has 4 rings (SSSR count). The number of rotatable bonds is 5. The van der Waals surface area contributed by atoms with E-state index in [9.17, 15) is 4.79 Å². The van der Waals surface area contributed by atoms with Crippen molar-refractivity contribution >= 4 is 17.7 Å². The topological polar surface area (TPSA) is 64.4 Å². The first-order valence-corrected chi connectivity index (χ1v) is 9.78. The van der Waals surface area contributed by atoms with Crippen molar-refractivity contribution in [3.63, 3.8) is 0 Å². The van der Waals surface area contributed by atoms with E-state index in [1.54, 1.807) is 6.20 Å². The minimum Gasteiger partial charge on any atom is -0.493 e. The third kappa shape index (κ3) is 4.01. The highest BCUT2D eigenvalue weighted by atomic mass is 32.2. The first-order valence-electron chi connectivity index (χ1n) is 8.91. The SMILES string of the molecule is C[C@@H](Sc1ncc(-c2ccccc2)o1)C(=O)N[C@H]1CCOc2ccccc21. The van der Waals surface area contributed by atoms with Gasteiger partial charge in [0.15, 0.2) is 5.76 Å². The van der Waals surface area contributed by atoms with Crippen LogP contribution in [-0.2, 0) is 4.79 Å². The average molecular weight is 380 g/mol. The number of para-hydroxylation sites is 1. The maximum Gasteiger partial charge on any atom is 0.256 e. The van der Waals surface area contributed by atoms with Crippen molar-refractivity contribution in [2.75, 3.05) is 6.61 Å². The van der Waals surface area contributed by atoms with Gasteiger partial charge in [-0.05, 0) is 13.0 Å². The predicted molar refractivity (Wildman–Crippen MR) is 105 cm³/mol. The van der Waals surface area contributed by atoms with Crippen LogP contribution in [-0.4, -0.2) is 22.7 Å². The fourth-order valence-corrected chi connectivity index (χ4v) is 3.76. The summed E-state index contributed by atoms with van der Waals surface area (Å²) < 4.78 is 11.4. The smallest absolute Gasteiger partial charge is 0.256 e. The zero-order valence-electron chi connectivity index (χ0n) is 14.9. The molecule has 3 aromatic rings. The zero-order chi connectivity index (χ0) is 18.6. The Balaban J connectivity index is 1.40. The van der Waals surface area contributed by atoms with E-state index < -0.39 is 0 Å². The van der Waals surface area contributed by atoms with E-state index in [2.05, 4.69) is 10.3 Å². The number of aromatic nitrogens is 1. The molecule has 0 aliphatic carbocycles. The van der Waals surface area contributed by atoms with Crippen LogP contribution in [0.2, 0.25) is 0 Å². The summed E-state index contributed by atoms with van der Waals surface area (Å²) >= 11 is 1.32. The number of fused-ring (bicyclic) bond motifs is 1. The van der Waals surface area contributed by atoms with Gasteiger partial charge in [-0.25, -0.2) is 4.98 Å². The normalized spacial score (nSPS) is 16.9. The van der Waals surface area contributed by atoms with E-state index in [1.165, 1.54) is 11.8 Å². The number of nitrogens with zero attached hydrogens (tertiary/aromatic N) is 1. The number of oxazole rings is 1. The molecule has 5 nitrogen and oxygen atoms in total. The Morgan fingerprint density at radius 3 is 2.81 bits per heavy atom. The highest BCUT2D eigenvalue weighted by molar-refractivity contribution is 8.00. The van der Waals surface area contributed by atoms with Crippen LogP contribution >= 0.6 is 11.8 Å². The molecule has 2 heterocycles. The van der Waals surface area contributed by atoms with E-state index in [4.69, 9.17) is 9.15 Å². The molecule has 27 heavy (non-hydrogen) atoms. The van der Waals surface area contributed by atoms with Crippen molar-refractivity contribution in [3.8, 4) is 17.1 Å². The van der Waals surface area contributed by atoms with E-state index in [0.29, 0.717) is 17.6 Å². The van der Waals surface area contributed by atoms with Crippen LogP contribution in [0.15, 0.2) is 70.4 Å².